The molecule has 0 bridgehead atoms. The molecule has 1 aliphatic heterocycles. The van der Waals surface area contributed by atoms with Gasteiger partial charge < -0.3 is 19.6 Å². The number of hydrogen-bond acceptors (Lipinski definition) is 5. The second-order valence-electron chi connectivity index (χ2n) is 7.93. The maximum atomic E-state index is 12.7. The van der Waals surface area contributed by atoms with Gasteiger partial charge in [0.2, 0.25) is 0 Å². The Morgan fingerprint density at radius 3 is 2.27 bits per heavy atom. The first-order chi connectivity index (χ1) is 14.5. The highest BCUT2D eigenvalue weighted by Crippen LogP contribution is 2.22. The van der Waals surface area contributed by atoms with Gasteiger partial charge in [-0.3, -0.25) is 4.79 Å². The van der Waals surface area contributed by atoms with Crippen molar-refractivity contribution in [2.45, 2.75) is 18.9 Å². The number of nitrogens with zero attached hydrogens (tertiary/aromatic N) is 2. The average Bonchev–Trinajstić information content (AvgIpc) is 2.80. The van der Waals surface area contributed by atoms with Crippen LogP contribution in [-0.2, 0) is 4.74 Å². The Kier molecular flexibility index (Phi) is 7.60. The van der Waals surface area contributed by atoms with Gasteiger partial charge in [-0.05, 0) is 61.7 Å². The number of ether oxygens (including phenoxy) is 1. The van der Waals surface area contributed by atoms with Crippen molar-refractivity contribution < 1.29 is 19.4 Å². The topological polar surface area (TPSA) is 70.1 Å². The Balaban J connectivity index is 1.46. The van der Waals surface area contributed by atoms with Gasteiger partial charge in [0.25, 0.3) is 5.91 Å². The molecule has 6 nitrogen and oxygen atoms in total. The third kappa shape index (κ3) is 5.68. The molecular formula is C24H30N2O4. The minimum Gasteiger partial charge on any atom is -0.465 e. The summed E-state index contributed by atoms with van der Waals surface area (Å²) in [6, 6.07) is 16.3. The molecule has 1 amide bonds. The quantitative estimate of drug-likeness (QED) is 0.711. The summed E-state index contributed by atoms with van der Waals surface area (Å²) in [6.45, 7) is 3.18. The molecule has 0 spiro atoms. The van der Waals surface area contributed by atoms with Crippen LogP contribution in [0.2, 0.25) is 0 Å². The number of piperidine rings is 1. The summed E-state index contributed by atoms with van der Waals surface area (Å²) in [4.78, 5) is 28.3. The van der Waals surface area contributed by atoms with E-state index in [1.165, 1.54) is 7.11 Å². The monoisotopic (exact) mass is 410 g/mol. The molecule has 1 fully saturated rings. The van der Waals surface area contributed by atoms with Crippen LogP contribution in [0, 0.1) is 5.92 Å². The van der Waals surface area contributed by atoms with Crippen molar-refractivity contribution in [2.75, 3.05) is 40.3 Å². The van der Waals surface area contributed by atoms with Gasteiger partial charge >= 0.3 is 5.97 Å². The number of rotatable bonds is 7. The molecule has 0 aliphatic carbocycles. The van der Waals surface area contributed by atoms with Crippen LogP contribution in [0.5, 0.6) is 0 Å². The van der Waals surface area contributed by atoms with Crippen molar-refractivity contribution in [3.05, 3.63) is 71.3 Å². The highest BCUT2D eigenvalue weighted by molar-refractivity contribution is 5.96. The number of benzene rings is 2. The van der Waals surface area contributed by atoms with Crippen LogP contribution >= 0.6 is 0 Å². The molecule has 1 saturated heterocycles. The highest BCUT2D eigenvalue weighted by Gasteiger charge is 2.24. The molecule has 1 N–H and O–H groups in total. The van der Waals surface area contributed by atoms with E-state index in [0.717, 1.165) is 31.5 Å². The van der Waals surface area contributed by atoms with E-state index >= 15 is 0 Å². The minimum absolute atomic E-state index is 0.0478. The molecule has 6 heteroatoms. The zero-order valence-corrected chi connectivity index (χ0v) is 17.7. The smallest absolute Gasteiger partial charge is 0.337 e. The lowest BCUT2D eigenvalue weighted by molar-refractivity contribution is 0.0599. The number of carbonyl (C=O) groups is 2. The van der Waals surface area contributed by atoms with Gasteiger partial charge in [-0.2, -0.15) is 0 Å². The van der Waals surface area contributed by atoms with Crippen LogP contribution in [0.3, 0.4) is 0 Å². The van der Waals surface area contributed by atoms with Crippen LogP contribution in [0.1, 0.15) is 45.2 Å². The van der Waals surface area contributed by atoms with Crippen LogP contribution in [0.4, 0.5) is 0 Å². The van der Waals surface area contributed by atoms with Crippen molar-refractivity contribution in [3.63, 3.8) is 0 Å². The fourth-order valence-electron chi connectivity index (χ4n) is 3.93. The van der Waals surface area contributed by atoms with E-state index in [0.29, 0.717) is 30.1 Å². The Morgan fingerprint density at radius 1 is 1.07 bits per heavy atom. The number of aliphatic hydroxyl groups is 1. The summed E-state index contributed by atoms with van der Waals surface area (Å²) in [5, 5.41) is 10.4. The van der Waals surface area contributed by atoms with Gasteiger partial charge in [0, 0.05) is 25.7 Å². The number of aliphatic hydroxyl groups excluding tert-OH is 1. The molecule has 0 radical (unpaired) electrons. The van der Waals surface area contributed by atoms with Crippen LogP contribution < -0.4 is 0 Å². The predicted octanol–water partition coefficient (Wildman–Crippen LogP) is 2.99. The summed E-state index contributed by atoms with van der Waals surface area (Å²) in [7, 11) is 3.16. The zero-order chi connectivity index (χ0) is 21.5. The highest BCUT2D eigenvalue weighted by atomic mass is 16.5. The first-order valence-electron chi connectivity index (χ1n) is 10.4. The molecular weight excluding hydrogens is 380 g/mol. The molecule has 2 aromatic rings. The van der Waals surface area contributed by atoms with Gasteiger partial charge in [0.1, 0.15) is 0 Å². The van der Waals surface area contributed by atoms with E-state index in [-0.39, 0.29) is 5.91 Å². The molecule has 0 saturated carbocycles. The van der Waals surface area contributed by atoms with Gasteiger partial charge in [0.15, 0.2) is 0 Å². The van der Waals surface area contributed by atoms with E-state index in [2.05, 4.69) is 9.64 Å². The molecule has 3 rings (SSSR count). The van der Waals surface area contributed by atoms with Gasteiger partial charge in [-0.25, -0.2) is 4.79 Å². The number of esters is 1. The van der Waals surface area contributed by atoms with Crippen molar-refractivity contribution in [1.82, 2.24) is 9.80 Å². The average molecular weight is 411 g/mol. The van der Waals surface area contributed by atoms with Gasteiger partial charge in [0.05, 0.1) is 18.8 Å². The fourth-order valence-corrected chi connectivity index (χ4v) is 3.93. The molecule has 0 unspecified atom stereocenters. The van der Waals surface area contributed by atoms with Crippen LogP contribution in [-0.4, -0.2) is 67.1 Å². The first-order valence-corrected chi connectivity index (χ1v) is 10.4. The largest absolute Gasteiger partial charge is 0.465 e. The summed E-state index contributed by atoms with van der Waals surface area (Å²) in [5.74, 6) is -0.0155. The molecule has 1 aliphatic rings. The lowest BCUT2D eigenvalue weighted by Gasteiger charge is -2.34. The number of carbonyl (C=O) groups excluding carboxylic acids is 2. The standard InChI is InChI=1S/C24H30N2O4/c1-25(23(28)20-8-10-21(11-9-20)24(29)30-2)16-18-12-14-26(15-13-18)17-22(27)19-6-4-3-5-7-19/h3-11,18,22,27H,12-17H2,1-2H3/t22-/m0/s1. The van der Waals surface area contributed by atoms with Crippen molar-refractivity contribution in [3.8, 4) is 0 Å². The molecule has 1 heterocycles. The number of likely N-dealkylation sites (tertiary alicyclic amines) is 1. The normalized spacial score (nSPS) is 16.1. The molecule has 160 valence electrons. The number of hydrogen-bond donors (Lipinski definition) is 1. The molecule has 2 aromatic carbocycles. The Labute approximate surface area is 178 Å². The number of β-amino-alcohol motifs (C(OH)–C–C–N with tert-alkyl or cyclic N) is 1. The predicted molar refractivity (Wildman–Crippen MR) is 115 cm³/mol. The Hall–Kier alpha value is -2.70. The third-order valence-corrected chi connectivity index (χ3v) is 5.75. The second-order valence-corrected chi connectivity index (χ2v) is 7.93. The fraction of sp³-hybridized carbons (Fsp3) is 0.417. The maximum absolute atomic E-state index is 12.7. The van der Waals surface area contributed by atoms with Crippen molar-refractivity contribution in [2.24, 2.45) is 5.92 Å². The lowest BCUT2D eigenvalue weighted by atomic mass is 9.95. The third-order valence-electron chi connectivity index (χ3n) is 5.75. The van der Waals surface area contributed by atoms with E-state index in [1.807, 2.05) is 37.4 Å². The Morgan fingerprint density at radius 2 is 1.67 bits per heavy atom. The number of methoxy groups -OCH3 is 1. The number of amides is 1. The van der Waals surface area contributed by atoms with Crippen molar-refractivity contribution >= 4 is 11.9 Å². The van der Waals surface area contributed by atoms with E-state index in [4.69, 9.17) is 0 Å². The van der Waals surface area contributed by atoms with E-state index < -0.39 is 12.1 Å². The molecule has 30 heavy (non-hydrogen) atoms. The zero-order valence-electron chi connectivity index (χ0n) is 17.7. The van der Waals surface area contributed by atoms with Gasteiger partial charge in [-0.1, -0.05) is 30.3 Å². The summed E-state index contributed by atoms with van der Waals surface area (Å²) >= 11 is 0. The maximum Gasteiger partial charge on any atom is 0.337 e. The first kappa shape index (κ1) is 22.0. The summed E-state index contributed by atoms with van der Waals surface area (Å²) in [5.41, 5.74) is 1.94. The van der Waals surface area contributed by atoms with Crippen LogP contribution in [0.25, 0.3) is 0 Å². The summed E-state index contributed by atoms with van der Waals surface area (Å²) in [6.07, 6.45) is 1.53. The van der Waals surface area contributed by atoms with Crippen LogP contribution in [0.15, 0.2) is 54.6 Å². The van der Waals surface area contributed by atoms with E-state index in [1.54, 1.807) is 29.2 Å². The Bertz CT molecular complexity index is 830. The van der Waals surface area contributed by atoms with Crippen molar-refractivity contribution in [1.29, 1.82) is 0 Å². The van der Waals surface area contributed by atoms with Gasteiger partial charge in [-0.15, -0.1) is 0 Å². The minimum atomic E-state index is -0.472. The summed E-state index contributed by atoms with van der Waals surface area (Å²) < 4.78 is 4.69. The SMILES string of the molecule is COC(=O)c1ccc(C(=O)N(C)CC2CCN(C[C@H](O)c3ccccc3)CC2)cc1. The molecule has 1 atom stereocenters. The molecule has 0 aromatic heterocycles. The van der Waals surface area contributed by atoms with E-state index in [9.17, 15) is 14.7 Å². The lowest BCUT2D eigenvalue weighted by Crippen LogP contribution is -2.40. The second kappa shape index (κ2) is 10.4.